The summed E-state index contributed by atoms with van der Waals surface area (Å²) in [5, 5.41) is 12.5. The highest BCUT2D eigenvalue weighted by molar-refractivity contribution is 8.00. The van der Waals surface area contributed by atoms with Crippen molar-refractivity contribution in [2.24, 2.45) is 5.92 Å². The Morgan fingerprint density at radius 3 is 2.64 bits per heavy atom. The summed E-state index contributed by atoms with van der Waals surface area (Å²) in [6.07, 6.45) is 3.49. The van der Waals surface area contributed by atoms with E-state index in [4.69, 9.17) is 4.74 Å². The summed E-state index contributed by atoms with van der Waals surface area (Å²) in [6.45, 7) is 9.47. The number of thioether (sulfide) groups is 1. The maximum absolute atomic E-state index is 13.1. The summed E-state index contributed by atoms with van der Waals surface area (Å²) >= 11 is 1.46. The number of nitrogens with one attached hydrogen (secondary N) is 1. The van der Waals surface area contributed by atoms with Crippen molar-refractivity contribution in [2.45, 2.75) is 37.7 Å². The maximum atomic E-state index is 13.1. The lowest BCUT2D eigenvalue weighted by Gasteiger charge is -2.28. The predicted octanol–water partition coefficient (Wildman–Crippen LogP) is 3.24. The minimum atomic E-state index is -0.314. The average Bonchev–Trinajstić information content (AvgIpc) is 3.25. The van der Waals surface area contributed by atoms with Gasteiger partial charge in [0.25, 0.3) is 0 Å². The van der Waals surface area contributed by atoms with E-state index in [9.17, 15) is 4.79 Å². The molecule has 1 atom stereocenters. The van der Waals surface area contributed by atoms with E-state index in [1.165, 1.54) is 11.8 Å². The van der Waals surface area contributed by atoms with Gasteiger partial charge in [0.1, 0.15) is 0 Å². The van der Waals surface area contributed by atoms with Crippen molar-refractivity contribution in [1.29, 1.82) is 0 Å². The number of carbonyl (C=O) groups is 1. The number of carbonyl (C=O) groups excluding carboxylic acids is 1. The molecule has 0 spiro atoms. The Morgan fingerprint density at radius 2 is 1.94 bits per heavy atom. The van der Waals surface area contributed by atoms with E-state index >= 15 is 0 Å². The Morgan fingerprint density at radius 1 is 1.15 bits per heavy atom. The molecule has 1 unspecified atom stereocenters. The van der Waals surface area contributed by atoms with Gasteiger partial charge in [-0.2, -0.15) is 0 Å². The molecule has 174 valence electrons. The third-order valence-electron chi connectivity index (χ3n) is 5.55. The molecule has 4 rings (SSSR count). The molecule has 1 N–H and O–H groups in total. The Bertz CT molecular complexity index is 1070. The van der Waals surface area contributed by atoms with Crippen molar-refractivity contribution >= 4 is 23.6 Å². The minimum absolute atomic E-state index is 0.0221. The molecule has 0 aliphatic carbocycles. The third-order valence-corrected chi connectivity index (χ3v) is 7.04. The molecule has 0 bridgehead atoms. The van der Waals surface area contributed by atoms with Crippen LogP contribution in [0.1, 0.15) is 25.0 Å². The van der Waals surface area contributed by atoms with E-state index in [0.29, 0.717) is 24.9 Å². The van der Waals surface area contributed by atoms with Crippen LogP contribution in [0.4, 0.5) is 5.95 Å². The quantitative estimate of drug-likeness (QED) is 0.510. The van der Waals surface area contributed by atoms with Gasteiger partial charge < -0.3 is 15.0 Å². The molecule has 0 radical (unpaired) electrons. The Labute approximate surface area is 198 Å². The van der Waals surface area contributed by atoms with Gasteiger partial charge in [-0.1, -0.05) is 49.9 Å². The van der Waals surface area contributed by atoms with Crippen LogP contribution >= 0.6 is 11.8 Å². The summed E-state index contributed by atoms with van der Waals surface area (Å²) in [4.78, 5) is 19.5. The van der Waals surface area contributed by atoms with Gasteiger partial charge in [0.15, 0.2) is 5.16 Å². The van der Waals surface area contributed by atoms with Crippen LogP contribution in [0.2, 0.25) is 0 Å². The molecule has 8 nitrogen and oxygen atoms in total. The van der Waals surface area contributed by atoms with Crippen LogP contribution in [-0.2, 0) is 16.1 Å². The fourth-order valence-electron chi connectivity index (χ4n) is 3.73. The largest absolute Gasteiger partial charge is 0.378 e. The third kappa shape index (κ3) is 5.54. The first-order chi connectivity index (χ1) is 16.0. The Kier molecular flexibility index (Phi) is 7.61. The zero-order chi connectivity index (χ0) is 23.2. The minimum Gasteiger partial charge on any atom is -0.378 e. The van der Waals surface area contributed by atoms with Gasteiger partial charge >= 0.3 is 0 Å². The van der Waals surface area contributed by atoms with Crippen molar-refractivity contribution in [3.8, 4) is 5.69 Å². The highest BCUT2D eigenvalue weighted by atomic mass is 32.2. The number of aryl methyl sites for hydroxylation is 1. The first kappa shape index (κ1) is 23.3. The molecule has 9 heteroatoms. The van der Waals surface area contributed by atoms with Gasteiger partial charge in [0, 0.05) is 32.0 Å². The lowest BCUT2D eigenvalue weighted by molar-refractivity contribution is -0.121. The molecule has 1 amide bonds. The van der Waals surface area contributed by atoms with Gasteiger partial charge in [-0.3, -0.25) is 14.3 Å². The number of aromatic nitrogens is 4. The number of nitrogens with zero attached hydrogens (tertiary/aromatic N) is 5. The molecular formula is C24H30N6O2S. The molecule has 1 aromatic carbocycles. The number of morpholine rings is 1. The summed E-state index contributed by atoms with van der Waals surface area (Å²) in [6, 6.07) is 12.0. The number of pyridine rings is 1. The Hall–Kier alpha value is -2.91. The van der Waals surface area contributed by atoms with Crippen LogP contribution in [0, 0.1) is 12.8 Å². The van der Waals surface area contributed by atoms with Gasteiger partial charge in [-0.05, 0) is 36.1 Å². The van der Waals surface area contributed by atoms with Crippen LogP contribution in [-0.4, -0.2) is 57.2 Å². The van der Waals surface area contributed by atoms with E-state index < -0.39 is 0 Å². The number of benzene rings is 1. The molecular weight excluding hydrogens is 436 g/mol. The van der Waals surface area contributed by atoms with E-state index in [0.717, 1.165) is 35.9 Å². The number of para-hydroxylation sites is 1. The smallest absolute Gasteiger partial charge is 0.234 e. The molecule has 1 aliphatic heterocycles. The second kappa shape index (κ2) is 10.8. The molecule has 2 aromatic heterocycles. The number of hydrogen-bond donors (Lipinski definition) is 1. The maximum Gasteiger partial charge on any atom is 0.234 e. The number of ether oxygens (including phenoxy) is 1. The van der Waals surface area contributed by atoms with Crippen LogP contribution in [0.5, 0.6) is 0 Å². The topological polar surface area (TPSA) is 85.2 Å². The molecule has 1 saturated heterocycles. The fraction of sp³-hybridized carbons (Fsp3) is 0.417. The molecule has 0 saturated carbocycles. The summed E-state index contributed by atoms with van der Waals surface area (Å²) in [7, 11) is 0. The first-order valence-corrected chi connectivity index (χ1v) is 12.1. The standard InChI is InChI=1S/C24H30N6O2S/c1-17(2)21(22(31)26-16-19-8-6-10-25-15-19)33-24-28-27-23(29-11-13-32-14-12-29)30(24)20-9-5-4-7-18(20)3/h4-10,15,17,21H,11-14,16H2,1-3H3,(H,26,31). The number of rotatable bonds is 8. The van der Waals surface area contributed by atoms with Crippen molar-refractivity contribution in [3.05, 3.63) is 59.9 Å². The second-order valence-corrected chi connectivity index (χ2v) is 9.47. The van der Waals surface area contributed by atoms with Gasteiger partial charge in [-0.25, -0.2) is 0 Å². The number of amides is 1. The number of anilines is 1. The van der Waals surface area contributed by atoms with Crippen LogP contribution in [0.25, 0.3) is 5.69 Å². The second-order valence-electron chi connectivity index (χ2n) is 8.37. The van der Waals surface area contributed by atoms with E-state index in [2.05, 4.69) is 62.9 Å². The van der Waals surface area contributed by atoms with Crippen LogP contribution in [0.3, 0.4) is 0 Å². The van der Waals surface area contributed by atoms with Gasteiger partial charge in [-0.15, -0.1) is 10.2 Å². The van der Waals surface area contributed by atoms with Crippen molar-refractivity contribution in [1.82, 2.24) is 25.1 Å². The lowest BCUT2D eigenvalue weighted by atomic mass is 10.1. The number of hydrogen-bond acceptors (Lipinski definition) is 7. The van der Waals surface area contributed by atoms with E-state index in [1.807, 2.05) is 24.3 Å². The Balaban J connectivity index is 1.61. The summed E-state index contributed by atoms with van der Waals surface area (Å²) in [5.41, 5.74) is 3.11. The summed E-state index contributed by atoms with van der Waals surface area (Å²) in [5.74, 6) is 0.872. The van der Waals surface area contributed by atoms with Gasteiger partial charge in [0.2, 0.25) is 11.9 Å². The fourth-order valence-corrected chi connectivity index (χ4v) is 4.79. The van der Waals surface area contributed by atoms with Crippen LogP contribution < -0.4 is 10.2 Å². The average molecular weight is 467 g/mol. The molecule has 3 aromatic rings. The zero-order valence-electron chi connectivity index (χ0n) is 19.3. The molecule has 1 fully saturated rings. The van der Waals surface area contributed by atoms with E-state index in [1.54, 1.807) is 12.4 Å². The predicted molar refractivity (Wildman–Crippen MR) is 130 cm³/mol. The highest BCUT2D eigenvalue weighted by Gasteiger charge is 2.29. The summed E-state index contributed by atoms with van der Waals surface area (Å²) < 4.78 is 7.60. The van der Waals surface area contributed by atoms with Crippen molar-refractivity contribution in [2.75, 3.05) is 31.2 Å². The SMILES string of the molecule is Cc1ccccc1-n1c(SC(C(=O)NCc2cccnc2)C(C)C)nnc1N1CCOCC1. The van der Waals surface area contributed by atoms with Crippen molar-refractivity contribution < 1.29 is 9.53 Å². The normalized spacial score (nSPS) is 15.0. The van der Waals surface area contributed by atoms with Crippen LogP contribution in [0.15, 0.2) is 53.9 Å². The zero-order valence-corrected chi connectivity index (χ0v) is 20.1. The monoisotopic (exact) mass is 466 g/mol. The van der Waals surface area contributed by atoms with Gasteiger partial charge in [0.05, 0.1) is 24.2 Å². The first-order valence-electron chi connectivity index (χ1n) is 11.2. The lowest BCUT2D eigenvalue weighted by Crippen LogP contribution is -2.38. The molecule has 1 aliphatic rings. The van der Waals surface area contributed by atoms with E-state index in [-0.39, 0.29) is 17.1 Å². The van der Waals surface area contributed by atoms with Crippen molar-refractivity contribution in [3.63, 3.8) is 0 Å². The molecule has 3 heterocycles. The molecule has 33 heavy (non-hydrogen) atoms. The highest BCUT2D eigenvalue weighted by Crippen LogP contribution is 2.33.